The van der Waals surface area contributed by atoms with Crippen LogP contribution in [0, 0.1) is 20.0 Å². The van der Waals surface area contributed by atoms with Crippen molar-refractivity contribution in [3.63, 3.8) is 0 Å². The van der Waals surface area contributed by atoms with Crippen LogP contribution in [0.2, 0.25) is 0 Å². The molecule has 3 nitrogen and oxygen atoms in total. The van der Waals surface area contributed by atoms with Crippen molar-refractivity contribution in [2.45, 2.75) is 27.7 Å². The van der Waals surface area contributed by atoms with E-state index in [1.54, 1.807) is 26.0 Å². The molecule has 0 spiro atoms. The molecule has 1 rings (SSSR count). The summed E-state index contributed by atoms with van der Waals surface area (Å²) >= 11 is 0. The molecule has 15 heavy (non-hydrogen) atoms. The van der Waals surface area contributed by atoms with E-state index in [9.17, 15) is 4.79 Å². The van der Waals surface area contributed by atoms with E-state index in [4.69, 9.17) is 4.89 Å². The van der Waals surface area contributed by atoms with Crippen molar-refractivity contribution in [3.8, 4) is 0 Å². The Morgan fingerprint density at radius 1 is 1.00 bits per heavy atom. The lowest BCUT2D eigenvalue weighted by Gasteiger charge is -2.06. The number of benzene rings is 1. The smallest absolute Gasteiger partial charge is 0.292 e. The second-order valence-corrected chi connectivity index (χ2v) is 3.74. The summed E-state index contributed by atoms with van der Waals surface area (Å²) in [4.78, 5) is 20.8. The molecule has 0 heterocycles. The second kappa shape index (κ2) is 4.94. The highest BCUT2D eigenvalue weighted by Gasteiger charge is 2.10. The first-order valence-electron chi connectivity index (χ1n) is 4.76. The molecule has 0 bridgehead atoms. The fourth-order valence-electron chi connectivity index (χ4n) is 1.26. The van der Waals surface area contributed by atoms with Crippen molar-refractivity contribution in [2.75, 3.05) is 0 Å². The average molecular weight is 207 g/mol. The fourth-order valence-corrected chi connectivity index (χ4v) is 1.26. The SMILES string of the molecule is C[C](C)OOC(=O)c1cc(C)cc(C)c1. The molecule has 0 unspecified atom stereocenters. The quantitative estimate of drug-likeness (QED) is 0.564. The molecular formula is C12H15O3. The van der Waals surface area contributed by atoms with Crippen molar-refractivity contribution in [2.24, 2.45) is 0 Å². The van der Waals surface area contributed by atoms with Gasteiger partial charge in [-0.1, -0.05) is 17.2 Å². The summed E-state index contributed by atoms with van der Waals surface area (Å²) in [5.41, 5.74) is 2.56. The number of hydrogen-bond donors (Lipinski definition) is 0. The van der Waals surface area contributed by atoms with Crippen molar-refractivity contribution in [1.82, 2.24) is 0 Å². The Bertz CT molecular complexity index is 336. The molecule has 3 heteroatoms. The lowest BCUT2D eigenvalue weighted by Crippen LogP contribution is -2.07. The Hall–Kier alpha value is -1.35. The van der Waals surface area contributed by atoms with Crippen LogP contribution >= 0.6 is 0 Å². The van der Waals surface area contributed by atoms with Gasteiger partial charge >= 0.3 is 5.97 Å². The van der Waals surface area contributed by atoms with E-state index in [0.29, 0.717) is 11.7 Å². The van der Waals surface area contributed by atoms with E-state index in [-0.39, 0.29) is 0 Å². The fraction of sp³-hybridized carbons (Fsp3) is 0.333. The average Bonchev–Trinajstić information content (AvgIpc) is 2.12. The highest BCUT2D eigenvalue weighted by Crippen LogP contribution is 2.11. The normalized spacial score (nSPS) is 10.5. The zero-order valence-electron chi connectivity index (χ0n) is 9.46. The molecule has 0 aliphatic rings. The minimum atomic E-state index is -0.469. The molecule has 0 fully saturated rings. The largest absolute Gasteiger partial charge is 0.373 e. The Balaban J connectivity index is 2.73. The van der Waals surface area contributed by atoms with Gasteiger partial charge in [0.2, 0.25) is 0 Å². The van der Waals surface area contributed by atoms with Crippen LogP contribution < -0.4 is 0 Å². The zero-order chi connectivity index (χ0) is 11.4. The maximum atomic E-state index is 11.5. The van der Waals surface area contributed by atoms with E-state index in [2.05, 4.69) is 4.89 Å². The standard InChI is InChI=1S/C12H15O3/c1-8(2)14-15-12(13)11-6-9(3)5-10(4)7-11/h5-7H,1-4H3. The van der Waals surface area contributed by atoms with Gasteiger partial charge in [0.25, 0.3) is 0 Å². The van der Waals surface area contributed by atoms with E-state index >= 15 is 0 Å². The van der Waals surface area contributed by atoms with Crippen LogP contribution in [-0.4, -0.2) is 5.97 Å². The van der Waals surface area contributed by atoms with Crippen molar-refractivity contribution < 1.29 is 14.6 Å². The number of rotatable bonds is 3. The van der Waals surface area contributed by atoms with Gasteiger partial charge in [0.1, 0.15) is 6.10 Å². The molecular weight excluding hydrogens is 192 g/mol. The van der Waals surface area contributed by atoms with Gasteiger partial charge in [0, 0.05) is 0 Å². The van der Waals surface area contributed by atoms with Crippen molar-refractivity contribution >= 4 is 5.97 Å². The topological polar surface area (TPSA) is 35.5 Å². The summed E-state index contributed by atoms with van der Waals surface area (Å²) in [6, 6.07) is 5.53. The molecule has 0 aliphatic carbocycles. The maximum Gasteiger partial charge on any atom is 0.373 e. The van der Waals surface area contributed by atoms with Crippen molar-refractivity contribution in [1.29, 1.82) is 0 Å². The van der Waals surface area contributed by atoms with Gasteiger partial charge in [-0.25, -0.2) is 4.79 Å². The number of carbonyl (C=O) groups is 1. The third-order valence-electron chi connectivity index (χ3n) is 1.74. The number of carbonyl (C=O) groups excluding carboxylic acids is 1. The van der Waals surface area contributed by atoms with Gasteiger partial charge in [-0.15, -0.1) is 0 Å². The maximum absolute atomic E-state index is 11.5. The molecule has 0 amide bonds. The van der Waals surface area contributed by atoms with Gasteiger partial charge in [-0.2, -0.15) is 4.89 Å². The van der Waals surface area contributed by atoms with E-state index in [1.165, 1.54) is 0 Å². The first-order valence-corrected chi connectivity index (χ1v) is 4.76. The second-order valence-electron chi connectivity index (χ2n) is 3.74. The van der Waals surface area contributed by atoms with E-state index < -0.39 is 5.97 Å². The predicted octanol–water partition coefficient (Wildman–Crippen LogP) is 2.96. The predicted molar refractivity (Wildman–Crippen MR) is 57.0 cm³/mol. The van der Waals surface area contributed by atoms with Crippen LogP contribution in [0.3, 0.4) is 0 Å². The summed E-state index contributed by atoms with van der Waals surface area (Å²) in [5, 5.41) is 0. The molecule has 0 saturated carbocycles. The third-order valence-corrected chi connectivity index (χ3v) is 1.74. The summed E-state index contributed by atoms with van der Waals surface area (Å²) in [5.74, 6) is -0.469. The van der Waals surface area contributed by atoms with Crippen molar-refractivity contribution in [3.05, 3.63) is 41.0 Å². The molecule has 0 N–H and O–H groups in total. The van der Waals surface area contributed by atoms with Crippen LogP contribution in [0.15, 0.2) is 18.2 Å². The lowest BCUT2D eigenvalue weighted by molar-refractivity contribution is -0.229. The lowest BCUT2D eigenvalue weighted by atomic mass is 10.1. The Morgan fingerprint density at radius 2 is 1.53 bits per heavy atom. The zero-order valence-corrected chi connectivity index (χ0v) is 9.46. The molecule has 1 radical (unpaired) electrons. The summed E-state index contributed by atoms with van der Waals surface area (Å²) in [6.07, 6.45) is 0.590. The Labute approximate surface area is 89.9 Å². The highest BCUT2D eigenvalue weighted by molar-refractivity contribution is 5.89. The number of aryl methyl sites for hydroxylation is 2. The molecule has 0 atom stereocenters. The molecule has 0 aliphatic heterocycles. The van der Waals surface area contributed by atoms with Gasteiger partial charge in [0.05, 0.1) is 5.56 Å². The Morgan fingerprint density at radius 3 is 2.00 bits per heavy atom. The molecule has 0 aromatic heterocycles. The van der Waals surface area contributed by atoms with Crippen LogP contribution in [0.25, 0.3) is 0 Å². The van der Waals surface area contributed by atoms with E-state index in [1.807, 2.05) is 19.9 Å². The monoisotopic (exact) mass is 207 g/mol. The third kappa shape index (κ3) is 3.72. The van der Waals surface area contributed by atoms with Crippen LogP contribution in [0.1, 0.15) is 35.3 Å². The molecule has 0 saturated heterocycles. The summed E-state index contributed by atoms with van der Waals surface area (Å²) < 4.78 is 0. The summed E-state index contributed by atoms with van der Waals surface area (Å²) in [6.45, 7) is 7.30. The highest BCUT2D eigenvalue weighted by atomic mass is 17.2. The first kappa shape index (κ1) is 11.7. The molecule has 1 aromatic carbocycles. The molecule has 81 valence electrons. The summed E-state index contributed by atoms with van der Waals surface area (Å²) in [7, 11) is 0. The molecule has 1 aromatic rings. The van der Waals surface area contributed by atoms with Crippen LogP contribution in [-0.2, 0) is 9.78 Å². The minimum Gasteiger partial charge on any atom is -0.292 e. The van der Waals surface area contributed by atoms with Gasteiger partial charge in [-0.3, -0.25) is 4.89 Å². The van der Waals surface area contributed by atoms with Gasteiger partial charge < -0.3 is 0 Å². The first-order chi connectivity index (χ1) is 6.99. The van der Waals surface area contributed by atoms with Crippen LogP contribution in [0.5, 0.6) is 0 Å². The van der Waals surface area contributed by atoms with Gasteiger partial charge in [0.15, 0.2) is 0 Å². The number of hydrogen-bond acceptors (Lipinski definition) is 3. The van der Waals surface area contributed by atoms with Crippen LogP contribution in [0.4, 0.5) is 0 Å². The van der Waals surface area contributed by atoms with Gasteiger partial charge in [-0.05, 0) is 39.8 Å². The minimum absolute atomic E-state index is 0.469. The van der Waals surface area contributed by atoms with E-state index in [0.717, 1.165) is 11.1 Å². The Kier molecular flexibility index (Phi) is 3.86.